The number of nitrogens with one attached hydrogen (secondary N) is 3. The first kappa shape index (κ1) is 21.4. The van der Waals surface area contributed by atoms with Gasteiger partial charge in [0.25, 0.3) is 0 Å². The lowest BCUT2D eigenvalue weighted by Gasteiger charge is -2.18. The molecule has 28 heavy (non-hydrogen) atoms. The van der Waals surface area contributed by atoms with Crippen LogP contribution in [0.5, 0.6) is 0 Å². The summed E-state index contributed by atoms with van der Waals surface area (Å²) in [7, 11) is -3.50. The van der Waals surface area contributed by atoms with E-state index in [9.17, 15) is 18.0 Å². The van der Waals surface area contributed by atoms with E-state index in [1.807, 2.05) is 36.5 Å². The van der Waals surface area contributed by atoms with Crippen LogP contribution in [-0.2, 0) is 25.8 Å². The maximum Gasteiger partial charge on any atom is 0.244 e. The average molecular weight is 404 g/mol. The Bertz CT molecular complexity index is 991. The molecule has 0 aliphatic heterocycles. The number of aryl methyl sites for hydroxylation is 1. The van der Waals surface area contributed by atoms with Gasteiger partial charge in [0.1, 0.15) is 21.9 Å². The van der Waals surface area contributed by atoms with E-state index in [2.05, 4.69) is 15.6 Å². The number of hydrogen-bond donors (Lipinski definition) is 3. The zero-order valence-corrected chi connectivity index (χ0v) is 16.7. The van der Waals surface area contributed by atoms with Gasteiger partial charge in [-0.1, -0.05) is 18.2 Å². The van der Waals surface area contributed by atoms with E-state index in [-0.39, 0.29) is 6.42 Å². The maximum absolute atomic E-state index is 12.2. The van der Waals surface area contributed by atoms with Crippen molar-refractivity contribution < 1.29 is 18.0 Å². The third kappa shape index (κ3) is 6.39. The number of para-hydroxylation sites is 1. The van der Waals surface area contributed by atoms with E-state index in [0.717, 1.165) is 22.7 Å². The molecule has 2 atom stereocenters. The molecule has 2 rings (SSSR count). The number of amides is 2. The number of carbonyl (C=O) groups is 2. The summed E-state index contributed by atoms with van der Waals surface area (Å²) in [4.78, 5) is 27.6. The lowest BCUT2D eigenvalue weighted by molar-refractivity contribution is -0.128. The van der Waals surface area contributed by atoms with E-state index in [1.165, 1.54) is 6.92 Å². The lowest BCUT2D eigenvalue weighted by atomic mass is 10.1. The van der Waals surface area contributed by atoms with Crippen molar-refractivity contribution in [2.45, 2.75) is 38.3 Å². The van der Waals surface area contributed by atoms with Gasteiger partial charge in [0.15, 0.2) is 0 Å². The number of aromatic amines is 1. The van der Waals surface area contributed by atoms with Gasteiger partial charge in [-0.25, -0.2) is 8.42 Å². The molecule has 0 spiro atoms. The van der Waals surface area contributed by atoms with Gasteiger partial charge < -0.3 is 15.6 Å². The van der Waals surface area contributed by atoms with Crippen LogP contribution in [0.3, 0.4) is 0 Å². The summed E-state index contributed by atoms with van der Waals surface area (Å²) in [6.07, 6.45) is 4.28. The third-order valence-electron chi connectivity index (χ3n) is 4.20. The molecule has 1 aromatic heterocycles. The molecular weight excluding hydrogens is 380 g/mol. The summed E-state index contributed by atoms with van der Waals surface area (Å²) >= 11 is 0. The van der Waals surface area contributed by atoms with Crippen LogP contribution in [0.15, 0.2) is 30.5 Å². The summed E-state index contributed by atoms with van der Waals surface area (Å²) in [5.41, 5.74) is 2.12. The Morgan fingerprint density at radius 3 is 2.64 bits per heavy atom. The normalized spacial score (nSPS) is 13.5. The fourth-order valence-corrected chi connectivity index (χ4v) is 3.72. The minimum atomic E-state index is -3.50. The molecule has 2 unspecified atom stereocenters. The van der Waals surface area contributed by atoms with Gasteiger partial charge in [0.2, 0.25) is 11.8 Å². The lowest BCUT2D eigenvalue weighted by Crippen LogP contribution is -2.51. The minimum absolute atomic E-state index is 0.154. The van der Waals surface area contributed by atoms with Crippen LogP contribution < -0.4 is 10.6 Å². The first-order valence-corrected chi connectivity index (χ1v) is 11.0. The zero-order chi connectivity index (χ0) is 20.7. The Morgan fingerprint density at radius 2 is 1.96 bits per heavy atom. The summed E-state index contributed by atoms with van der Waals surface area (Å²) < 4.78 is 23.2. The molecule has 2 amide bonds. The number of benzene rings is 1. The van der Waals surface area contributed by atoms with Gasteiger partial charge >= 0.3 is 0 Å². The molecule has 0 radical (unpaired) electrons. The highest BCUT2D eigenvalue weighted by Gasteiger charge is 2.25. The van der Waals surface area contributed by atoms with Gasteiger partial charge in [-0.3, -0.25) is 9.59 Å². The molecule has 0 saturated carbocycles. The second kappa shape index (κ2) is 9.37. The molecule has 0 aliphatic rings. The topological polar surface area (TPSA) is 132 Å². The molecule has 8 nitrogen and oxygen atoms in total. The van der Waals surface area contributed by atoms with Gasteiger partial charge in [-0.15, -0.1) is 0 Å². The van der Waals surface area contributed by atoms with Gasteiger partial charge in [-0.05, 0) is 31.4 Å². The number of nitrogens with zero attached hydrogens (tertiary/aromatic N) is 1. The van der Waals surface area contributed by atoms with Gasteiger partial charge in [-0.2, -0.15) is 5.26 Å². The van der Waals surface area contributed by atoms with E-state index >= 15 is 0 Å². The van der Waals surface area contributed by atoms with Crippen molar-refractivity contribution >= 4 is 32.6 Å². The number of H-pyrrole nitrogens is 1. The quantitative estimate of drug-likeness (QED) is 0.575. The molecule has 0 fully saturated rings. The molecule has 0 aliphatic carbocycles. The number of rotatable bonds is 9. The van der Waals surface area contributed by atoms with Crippen molar-refractivity contribution in [2.75, 3.05) is 12.0 Å². The van der Waals surface area contributed by atoms with E-state index < -0.39 is 39.5 Å². The molecule has 0 saturated heterocycles. The van der Waals surface area contributed by atoms with Gasteiger partial charge in [0.05, 0.1) is 11.8 Å². The molecular formula is C19H24N4O4S. The third-order valence-corrected chi connectivity index (χ3v) is 5.14. The largest absolute Gasteiger partial charge is 0.361 e. The number of hydrogen-bond acceptors (Lipinski definition) is 5. The number of sulfone groups is 1. The second-order valence-corrected chi connectivity index (χ2v) is 8.97. The Morgan fingerprint density at radius 1 is 1.25 bits per heavy atom. The number of nitriles is 1. The zero-order valence-electron chi connectivity index (χ0n) is 15.9. The van der Waals surface area contributed by atoms with Crippen LogP contribution in [0, 0.1) is 11.3 Å². The standard InChI is InChI=1S/C19H24N4O4S/c1-13(10-20)22-19(25)17(12-28(2,26)27)23-18(24)9-5-6-14-11-21-16-8-4-3-7-15(14)16/h3-4,7-8,11,13,17,21H,5-6,9,12H2,1-2H3,(H,22,25)(H,23,24). The smallest absolute Gasteiger partial charge is 0.244 e. The Hall–Kier alpha value is -2.86. The summed E-state index contributed by atoms with van der Waals surface area (Å²) in [6, 6.07) is 7.69. The number of fused-ring (bicyclic) bond motifs is 1. The van der Waals surface area contributed by atoms with E-state index in [0.29, 0.717) is 12.8 Å². The molecule has 1 heterocycles. The highest BCUT2D eigenvalue weighted by atomic mass is 32.2. The monoisotopic (exact) mass is 404 g/mol. The summed E-state index contributed by atoms with van der Waals surface area (Å²) in [5, 5.41) is 14.7. The van der Waals surface area contributed by atoms with Crippen LogP contribution in [-0.4, -0.2) is 49.3 Å². The molecule has 2 aromatic rings. The average Bonchev–Trinajstić information content (AvgIpc) is 3.03. The maximum atomic E-state index is 12.2. The predicted octanol–water partition coefficient (Wildman–Crippen LogP) is 1.05. The Kier molecular flexibility index (Phi) is 7.18. The number of carbonyl (C=O) groups excluding carboxylic acids is 2. The van der Waals surface area contributed by atoms with E-state index in [4.69, 9.17) is 5.26 Å². The highest BCUT2D eigenvalue weighted by Crippen LogP contribution is 2.19. The SMILES string of the molecule is CC(C#N)NC(=O)C(CS(C)(=O)=O)NC(=O)CCCc1c[nH]c2ccccc12. The van der Waals surface area contributed by atoms with Crippen LogP contribution in [0.2, 0.25) is 0 Å². The van der Waals surface area contributed by atoms with Crippen LogP contribution >= 0.6 is 0 Å². The Balaban J connectivity index is 1.93. The summed E-state index contributed by atoms with van der Waals surface area (Å²) in [5.74, 6) is -1.62. The molecule has 3 N–H and O–H groups in total. The fourth-order valence-electron chi connectivity index (χ4n) is 2.88. The molecule has 9 heteroatoms. The van der Waals surface area contributed by atoms with E-state index in [1.54, 1.807) is 0 Å². The van der Waals surface area contributed by atoms with Crippen molar-refractivity contribution in [3.8, 4) is 6.07 Å². The summed E-state index contributed by atoms with van der Waals surface area (Å²) in [6.45, 7) is 1.47. The van der Waals surface area contributed by atoms with Crippen molar-refractivity contribution in [1.29, 1.82) is 5.26 Å². The Labute approximate surface area is 164 Å². The molecule has 150 valence electrons. The van der Waals surface area contributed by atoms with Gasteiger partial charge in [0, 0.05) is 29.8 Å². The van der Waals surface area contributed by atoms with Crippen molar-refractivity contribution in [3.63, 3.8) is 0 Å². The van der Waals surface area contributed by atoms with Crippen molar-refractivity contribution in [1.82, 2.24) is 15.6 Å². The number of aromatic nitrogens is 1. The first-order valence-electron chi connectivity index (χ1n) is 8.91. The minimum Gasteiger partial charge on any atom is -0.361 e. The first-order chi connectivity index (χ1) is 13.2. The van der Waals surface area contributed by atoms with Crippen LogP contribution in [0.1, 0.15) is 25.3 Å². The molecule has 1 aromatic carbocycles. The predicted molar refractivity (Wildman–Crippen MR) is 106 cm³/mol. The second-order valence-electron chi connectivity index (χ2n) is 6.78. The fraction of sp³-hybridized carbons (Fsp3) is 0.421. The van der Waals surface area contributed by atoms with Crippen molar-refractivity contribution in [2.24, 2.45) is 0 Å². The highest BCUT2D eigenvalue weighted by molar-refractivity contribution is 7.90. The van der Waals surface area contributed by atoms with Crippen LogP contribution in [0.4, 0.5) is 0 Å². The van der Waals surface area contributed by atoms with Crippen LogP contribution in [0.25, 0.3) is 10.9 Å². The molecule has 0 bridgehead atoms. The van der Waals surface area contributed by atoms with Crippen molar-refractivity contribution in [3.05, 3.63) is 36.0 Å².